The molecule has 0 radical (unpaired) electrons. The summed E-state index contributed by atoms with van der Waals surface area (Å²) in [5, 5.41) is 0. The molecule has 0 aliphatic rings. The lowest BCUT2D eigenvalue weighted by Gasteiger charge is -2.19. The Morgan fingerprint density at radius 2 is 1.33 bits per heavy atom. The van der Waals surface area contributed by atoms with Crippen LogP contribution >= 0.6 is 0 Å². The van der Waals surface area contributed by atoms with Gasteiger partial charge in [0.15, 0.2) is 0 Å². The van der Waals surface area contributed by atoms with Crippen molar-refractivity contribution in [2.75, 3.05) is 6.61 Å². The van der Waals surface area contributed by atoms with Gasteiger partial charge >= 0.3 is 17.9 Å². The van der Waals surface area contributed by atoms with Crippen LogP contribution in [0.3, 0.4) is 0 Å². The Labute approximate surface area is 273 Å². The number of hydrogen-bond donors (Lipinski definition) is 0. The topological polar surface area (TPSA) is 78.9 Å². The number of ether oxygens (including phenoxy) is 3. The SMILES string of the molecule is CCCCCC=CCC=CCC=CCC=CCCCC(=O)OCCC(=COC(C)=O)C(CC=C(C)C#CC=C(C)C)OC(C)=O. The molecule has 0 aromatic carbocycles. The molecule has 248 valence electrons. The van der Waals surface area contributed by atoms with E-state index in [0.717, 1.165) is 36.8 Å². The predicted octanol–water partition coefficient (Wildman–Crippen LogP) is 9.75. The number of carbonyl (C=O) groups excluding carboxylic acids is 3. The molecule has 0 aromatic heterocycles. The van der Waals surface area contributed by atoms with Crippen molar-refractivity contribution in [2.24, 2.45) is 0 Å². The Morgan fingerprint density at radius 1 is 0.733 bits per heavy atom. The Hall–Kier alpha value is -3.85. The van der Waals surface area contributed by atoms with E-state index in [1.54, 1.807) is 0 Å². The quantitative estimate of drug-likeness (QED) is 0.0299. The van der Waals surface area contributed by atoms with Crippen LogP contribution in [-0.2, 0) is 28.6 Å². The van der Waals surface area contributed by atoms with Gasteiger partial charge in [-0.1, -0.05) is 91.9 Å². The Kier molecular flexibility index (Phi) is 26.4. The van der Waals surface area contributed by atoms with Crippen molar-refractivity contribution in [2.45, 2.75) is 125 Å². The van der Waals surface area contributed by atoms with Crippen LogP contribution in [-0.4, -0.2) is 30.6 Å². The maximum absolute atomic E-state index is 12.3. The van der Waals surface area contributed by atoms with Gasteiger partial charge in [-0.05, 0) is 77.4 Å². The molecule has 45 heavy (non-hydrogen) atoms. The lowest BCUT2D eigenvalue weighted by atomic mass is 10.0. The highest BCUT2D eigenvalue weighted by molar-refractivity contribution is 5.69. The zero-order valence-electron chi connectivity index (χ0n) is 28.6. The molecule has 6 heteroatoms. The van der Waals surface area contributed by atoms with E-state index in [0.29, 0.717) is 24.8 Å². The maximum atomic E-state index is 12.3. The van der Waals surface area contributed by atoms with E-state index in [-0.39, 0.29) is 19.0 Å². The van der Waals surface area contributed by atoms with Gasteiger partial charge in [0, 0.05) is 38.7 Å². The third-order valence-electron chi connectivity index (χ3n) is 6.23. The largest absolute Gasteiger partial charge is 0.465 e. The van der Waals surface area contributed by atoms with Crippen molar-refractivity contribution < 1.29 is 28.6 Å². The lowest BCUT2D eigenvalue weighted by molar-refractivity contribution is -0.146. The average molecular weight is 621 g/mol. The fourth-order valence-electron chi connectivity index (χ4n) is 3.84. The zero-order chi connectivity index (χ0) is 33.5. The third-order valence-corrected chi connectivity index (χ3v) is 6.23. The number of allylic oxidation sites excluding steroid dienone is 11. The third kappa shape index (κ3) is 28.7. The summed E-state index contributed by atoms with van der Waals surface area (Å²) in [4.78, 5) is 35.5. The highest BCUT2D eigenvalue weighted by atomic mass is 16.6. The van der Waals surface area contributed by atoms with E-state index in [1.165, 1.54) is 45.8 Å². The molecular weight excluding hydrogens is 564 g/mol. The molecule has 0 saturated carbocycles. The van der Waals surface area contributed by atoms with Crippen molar-refractivity contribution in [3.8, 4) is 11.8 Å². The average Bonchev–Trinajstić information content (AvgIpc) is 2.98. The van der Waals surface area contributed by atoms with Gasteiger partial charge < -0.3 is 14.2 Å². The molecule has 6 nitrogen and oxygen atoms in total. The first-order chi connectivity index (χ1) is 21.6. The molecule has 1 unspecified atom stereocenters. The first kappa shape index (κ1) is 41.1. The van der Waals surface area contributed by atoms with Crippen LogP contribution in [0.1, 0.15) is 119 Å². The van der Waals surface area contributed by atoms with Crippen LogP contribution < -0.4 is 0 Å². The van der Waals surface area contributed by atoms with Gasteiger partial charge in [-0.3, -0.25) is 14.4 Å². The van der Waals surface area contributed by atoms with Crippen LogP contribution in [0.15, 0.2) is 83.7 Å². The van der Waals surface area contributed by atoms with Crippen molar-refractivity contribution in [1.29, 1.82) is 0 Å². The molecule has 0 N–H and O–H groups in total. The highest BCUT2D eigenvalue weighted by Crippen LogP contribution is 2.18. The van der Waals surface area contributed by atoms with Gasteiger partial charge in [-0.2, -0.15) is 0 Å². The number of rotatable bonds is 22. The van der Waals surface area contributed by atoms with Gasteiger partial charge in [0.2, 0.25) is 0 Å². The smallest absolute Gasteiger partial charge is 0.307 e. The van der Waals surface area contributed by atoms with E-state index >= 15 is 0 Å². The minimum Gasteiger partial charge on any atom is -0.465 e. The molecule has 1 atom stereocenters. The van der Waals surface area contributed by atoms with Gasteiger partial charge in [-0.25, -0.2) is 0 Å². The van der Waals surface area contributed by atoms with Crippen LogP contribution in [0.2, 0.25) is 0 Å². The van der Waals surface area contributed by atoms with Crippen molar-refractivity contribution in [3.63, 3.8) is 0 Å². The first-order valence-electron chi connectivity index (χ1n) is 16.3. The summed E-state index contributed by atoms with van der Waals surface area (Å²) in [6.45, 7) is 10.7. The summed E-state index contributed by atoms with van der Waals surface area (Å²) in [6.07, 6.45) is 31.9. The summed E-state index contributed by atoms with van der Waals surface area (Å²) in [5.41, 5.74) is 2.46. The van der Waals surface area contributed by atoms with Gasteiger partial charge in [0.1, 0.15) is 6.10 Å². The molecule has 0 saturated heterocycles. The summed E-state index contributed by atoms with van der Waals surface area (Å²) in [6, 6.07) is 0. The van der Waals surface area contributed by atoms with E-state index < -0.39 is 18.0 Å². The molecule has 0 fully saturated rings. The summed E-state index contributed by atoms with van der Waals surface area (Å²) < 4.78 is 16.0. The van der Waals surface area contributed by atoms with Crippen LogP contribution in [0.4, 0.5) is 0 Å². The zero-order valence-corrected chi connectivity index (χ0v) is 28.6. The molecule has 0 bridgehead atoms. The Balaban J connectivity index is 4.58. The molecular formula is C39H56O6. The summed E-state index contributed by atoms with van der Waals surface area (Å²) in [5.74, 6) is 4.74. The molecule has 0 aromatic rings. The Bertz CT molecular complexity index is 1130. The van der Waals surface area contributed by atoms with Crippen molar-refractivity contribution in [1.82, 2.24) is 0 Å². The molecule has 0 aliphatic heterocycles. The second-order valence-corrected chi connectivity index (χ2v) is 11.0. The molecule has 0 aliphatic carbocycles. The minimum atomic E-state index is -0.682. The predicted molar refractivity (Wildman–Crippen MR) is 185 cm³/mol. The monoisotopic (exact) mass is 620 g/mol. The van der Waals surface area contributed by atoms with Crippen LogP contribution in [0.25, 0.3) is 0 Å². The standard InChI is InChI=1S/C39H56O6/c1-7-8-9-10-11-12-13-14-15-16-17-18-19-20-21-22-23-27-39(42)43-31-30-37(32-44-35(5)40)38(45-36(6)41)29-28-34(4)26-24-25-33(2)3/h11-12,14-15,17-18,20-21,25,28,32,38H,7-10,13,16,19,22-23,27,29-31H2,1-6H3. The van der Waals surface area contributed by atoms with Gasteiger partial charge in [0.25, 0.3) is 0 Å². The highest BCUT2D eigenvalue weighted by Gasteiger charge is 2.18. The van der Waals surface area contributed by atoms with E-state index in [9.17, 15) is 14.4 Å². The molecule has 0 heterocycles. The first-order valence-corrected chi connectivity index (χ1v) is 16.3. The van der Waals surface area contributed by atoms with Crippen molar-refractivity contribution >= 4 is 17.9 Å². The van der Waals surface area contributed by atoms with Crippen LogP contribution in [0, 0.1) is 11.8 Å². The summed E-state index contributed by atoms with van der Waals surface area (Å²) >= 11 is 0. The second-order valence-electron chi connectivity index (χ2n) is 11.0. The molecule has 0 rings (SSSR count). The Morgan fingerprint density at radius 3 is 1.89 bits per heavy atom. The minimum absolute atomic E-state index is 0.0805. The maximum Gasteiger partial charge on any atom is 0.307 e. The fraction of sp³-hybridized carbons (Fsp3) is 0.513. The summed E-state index contributed by atoms with van der Waals surface area (Å²) in [7, 11) is 0. The number of hydrogen-bond acceptors (Lipinski definition) is 6. The number of unbranched alkanes of at least 4 members (excludes halogenated alkanes) is 4. The lowest BCUT2D eigenvalue weighted by Crippen LogP contribution is -2.20. The van der Waals surface area contributed by atoms with Crippen LogP contribution in [0.5, 0.6) is 0 Å². The second kappa shape index (κ2) is 28.9. The van der Waals surface area contributed by atoms with E-state index in [2.05, 4.69) is 67.4 Å². The normalized spacial score (nSPS) is 12.8. The van der Waals surface area contributed by atoms with Gasteiger partial charge in [-0.15, -0.1) is 0 Å². The molecule has 0 spiro atoms. The number of esters is 3. The van der Waals surface area contributed by atoms with Gasteiger partial charge in [0.05, 0.1) is 12.9 Å². The van der Waals surface area contributed by atoms with E-state index in [1.807, 2.05) is 32.9 Å². The molecule has 0 amide bonds. The van der Waals surface area contributed by atoms with E-state index in [4.69, 9.17) is 14.2 Å². The number of carbonyl (C=O) groups is 3. The van der Waals surface area contributed by atoms with Crippen molar-refractivity contribution in [3.05, 3.63) is 83.7 Å². The fourth-order valence-corrected chi connectivity index (χ4v) is 3.84.